The van der Waals surface area contributed by atoms with Gasteiger partial charge in [0.2, 0.25) is 0 Å². The molecule has 1 atom stereocenters. The van der Waals surface area contributed by atoms with E-state index in [0.717, 1.165) is 13.0 Å². The normalized spacial score (nSPS) is 23.4. The van der Waals surface area contributed by atoms with Crippen LogP contribution in [-0.4, -0.2) is 33.0 Å². The van der Waals surface area contributed by atoms with Crippen molar-refractivity contribution in [2.75, 3.05) is 18.6 Å². The molecule has 3 nitrogen and oxygen atoms in total. The Balaban J connectivity index is 2.27. The van der Waals surface area contributed by atoms with Gasteiger partial charge in [0, 0.05) is 12.3 Å². The molecule has 0 amide bonds. The second-order valence-corrected chi connectivity index (χ2v) is 7.08. The summed E-state index contributed by atoms with van der Waals surface area (Å²) in [6, 6.07) is 0.600. The summed E-state index contributed by atoms with van der Waals surface area (Å²) >= 11 is 0. The first-order valence-corrected chi connectivity index (χ1v) is 8.10. The first-order chi connectivity index (χ1) is 7.47. The molecule has 0 saturated carbocycles. The molecule has 1 saturated heterocycles. The molecule has 1 fully saturated rings. The van der Waals surface area contributed by atoms with E-state index in [2.05, 4.69) is 18.3 Å². The van der Waals surface area contributed by atoms with Gasteiger partial charge in [-0.25, -0.2) is 8.42 Å². The first kappa shape index (κ1) is 13.7. The van der Waals surface area contributed by atoms with Gasteiger partial charge in [0.05, 0.1) is 5.75 Å². The lowest BCUT2D eigenvalue weighted by atomic mass is 9.98. The maximum absolute atomic E-state index is 11.0. The number of sulfone groups is 1. The second-order valence-electron chi connectivity index (χ2n) is 4.82. The Kier molecular flexibility index (Phi) is 5.49. The molecular weight excluding hydrogens is 222 g/mol. The lowest BCUT2D eigenvalue weighted by Crippen LogP contribution is -2.33. The van der Waals surface area contributed by atoms with Crippen molar-refractivity contribution in [2.24, 2.45) is 0 Å². The maximum atomic E-state index is 11.0. The zero-order valence-corrected chi connectivity index (χ0v) is 11.1. The fraction of sp³-hybridized carbons (Fsp3) is 0.833. The summed E-state index contributed by atoms with van der Waals surface area (Å²) in [6.07, 6.45) is 8.91. The molecule has 0 spiro atoms. The third-order valence-electron chi connectivity index (χ3n) is 2.96. The summed E-state index contributed by atoms with van der Waals surface area (Å²) < 4.78 is 21.9. The summed E-state index contributed by atoms with van der Waals surface area (Å²) in [4.78, 5) is 0. The molecule has 1 unspecified atom stereocenters. The van der Waals surface area contributed by atoms with Crippen LogP contribution in [0.25, 0.3) is 0 Å². The van der Waals surface area contributed by atoms with Gasteiger partial charge in [0.15, 0.2) is 0 Å². The monoisotopic (exact) mass is 245 g/mol. The number of piperidine rings is 1. The first-order valence-electron chi connectivity index (χ1n) is 6.04. The average Bonchev–Trinajstić information content (AvgIpc) is 2.17. The Morgan fingerprint density at radius 1 is 1.44 bits per heavy atom. The largest absolute Gasteiger partial charge is 0.314 e. The molecule has 0 aromatic carbocycles. The smallest absolute Gasteiger partial charge is 0.147 e. The van der Waals surface area contributed by atoms with Crippen LogP contribution in [0.5, 0.6) is 0 Å². The minimum absolute atomic E-state index is 0.266. The van der Waals surface area contributed by atoms with E-state index < -0.39 is 9.84 Å². The molecule has 0 bridgehead atoms. The fourth-order valence-electron chi connectivity index (χ4n) is 2.09. The Morgan fingerprint density at radius 3 is 2.75 bits per heavy atom. The highest BCUT2D eigenvalue weighted by atomic mass is 32.2. The van der Waals surface area contributed by atoms with Crippen LogP contribution >= 0.6 is 0 Å². The Labute approximate surface area is 99.2 Å². The average molecular weight is 245 g/mol. The van der Waals surface area contributed by atoms with Crippen LogP contribution in [-0.2, 0) is 9.84 Å². The third-order valence-corrected chi connectivity index (χ3v) is 3.94. The minimum Gasteiger partial charge on any atom is -0.314 e. The zero-order valence-electron chi connectivity index (χ0n) is 10.3. The molecule has 0 aliphatic carbocycles. The van der Waals surface area contributed by atoms with Gasteiger partial charge in [-0.1, -0.05) is 18.1 Å². The quantitative estimate of drug-likeness (QED) is 0.753. The number of nitrogens with one attached hydrogen (secondary N) is 1. The van der Waals surface area contributed by atoms with Crippen molar-refractivity contribution in [2.45, 2.75) is 45.1 Å². The molecule has 0 aromatic rings. The highest BCUT2D eigenvalue weighted by Crippen LogP contribution is 2.15. The molecule has 0 radical (unpaired) electrons. The Morgan fingerprint density at radius 2 is 2.19 bits per heavy atom. The fourth-order valence-corrected chi connectivity index (χ4v) is 2.64. The molecular formula is C12H23NO2S. The molecule has 94 valence electrons. The summed E-state index contributed by atoms with van der Waals surface area (Å²) in [6.45, 7) is 3.22. The predicted molar refractivity (Wildman–Crippen MR) is 68.3 cm³/mol. The van der Waals surface area contributed by atoms with Gasteiger partial charge in [-0.3, -0.25) is 0 Å². The Hall–Kier alpha value is -0.350. The minimum atomic E-state index is -2.81. The maximum Gasteiger partial charge on any atom is 0.147 e. The Bertz CT molecular complexity index is 327. The van der Waals surface area contributed by atoms with Crippen molar-refractivity contribution in [1.82, 2.24) is 5.32 Å². The van der Waals surface area contributed by atoms with Gasteiger partial charge >= 0.3 is 0 Å². The highest BCUT2D eigenvalue weighted by Gasteiger charge is 2.12. The molecule has 1 heterocycles. The number of rotatable bonds is 5. The van der Waals surface area contributed by atoms with Crippen molar-refractivity contribution >= 4 is 9.84 Å². The lowest BCUT2D eigenvalue weighted by Gasteiger charge is -2.23. The number of allylic oxidation sites excluding steroid dienone is 1. The van der Waals surface area contributed by atoms with Crippen LogP contribution in [0.3, 0.4) is 0 Å². The van der Waals surface area contributed by atoms with E-state index in [4.69, 9.17) is 0 Å². The van der Waals surface area contributed by atoms with Gasteiger partial charge in [0.25, 0.3) is 0 Å². The summed E-state index contributed by atoms with van der Waals surface area (Å²) in [5, 5.41) is 3.50. The summed E-state index contributed by atoms with van der Waals surface area (Å²) in [7, 11) is -2.81. The molecule has 1 aliphatic rings. The van der Waals surface area contributed by atoms with Crippen LogP contribution in [0.15, 0.2) is 11.6 Å². The molecule has 1 rings (SSSR count). The molecule has 1 N–H and O–H groups in total. The van der Waals surface area contributed by atoms with Crippen molar-refractivity contribution in [3.05, 3.63) is 11.6 Å². The van der Waals surface area contributed by atoms with E-state index in [1.54, 1.807) is 0 Å². The van der Waals surface area contributed by atoms with Gasteiger partial charge in [0.1, 0.15) is 9.84 Å². The molecule has 4 heteroatoms. The van der Waals surface area contributed by atoms with E-state index in [9.17, 15) is 8.42 Å². The zero-order chi connectivity index (χ0) is 12.0. The summed E-state index contributed by atoms with van der Waals surface area (Å²) in [5.74, 6) is 0.266. The van der Waals surface area contributed by atoms with E-state index in [1.807, 2.05) is 0 Å². The van der Waals surface area contributed by atoms with Crippen LogP contribution in [0.2, 0.25) is 0 Å². The van der Waals surface area contributed by atoms with E-state index in [1.165, 1.54) is 31.1 Å². The van der Waals surface area contributed by atoms with Crippen molar-refractivity contribution in [3.8, 4) is 0 Å². The third kappa shape index (κ3) is 6.28. The topological polar surface area (TPSA) is 46.2 Å². The van der Waals surface area contributed by atoms with Gasteiger partial charge in [-0.15, -0.1) is 0 Å². The standard InChI is InChI=1S/C12H23NO2S/c1-11(6-5-9-16(2,14)15)10-12-7-3-4-8-13-12/h6,12-13H,3-5,7-10H2,1-2H3. The van der Waals surface area contributed by atoms with Crippen molar-refractivity contribution in [3.63, 3.8) is 0 Å². The van der Waals surface area contributed by atoms with Gasteiger partial charge < -0.3 is 5.32 Å². The van der Waals surface area contributed by atoms with Crippen LogP contribution in [0.4, 0.5) is 0 Å². The van der Waals surface area contributed by atoms with Crippen molar-refractivity contribution in [1.29, 1.82) is 0 Å². The van der Waals surface area contributed by atoms with E-state index in [0.29, 0.717) is 12.5 Å². The second kappa shape index (κ2) is 6.40. The van der Waals surface area contributed by atoms with E-state index >= 15 is 0 Å². The van der Waals surface area contributed by atoms with Crippen LogP contribution in [0, 0.1) is 0 Å². The molecule has 0 aromatic heterocycles. The van der Waals surface area contributed by atoms with Crippen LogP contribution < -0.4 is 5.32 Å². The number of hydrogen-bond acceptors (Lipinski definition) is 3. The van der Waals surface area contributed by atoms with Crippen molar-refractivity contribution < 1.29 is 8.42 Å². The highest BCUT2D eigenvalue weighted by molar-refractivity contribution is 7.90. The van der Waals surface area contributed by atoms with Gasteiger partial charge in [-0.2, -0.15) is 0 Å². The SMILES string of the molecule is CC(=CCCS(C)(=O)=O)CC1CCCCN1. The molecule has 16 heavy (non-hydrogen) atoms. The number of hydrogen-bond donors (Lipinski definition) is 1. The summed E-state index contributed by atoms with van der Waals surface area (Å²) in [5.41, 5.74) is 1.31. The predicted octanol–water partition coefficient (Wildman–Crippen LogP) is 1.90. The van der Waals surface area contributed by atoms with Gasteiger partial charge in [-0.05, 0) is 39.2 Å². The van der Waals surface area contributed by atoms with Crippen LogP contribution in [0.1, 0.15) is 39.0 Å². The lowest BCUT2D eigenvalue weighted by molar-refractivity contribution is 0.398. The molecule has 1 aliphatic heterocycles. The van der Waals surface area contributed by atoms with E-state index in [-0.39, 0.29) is 5.75 Å².